The van der Waals surface area contributed by atoms with Crippen LogP contribution < -0.4 is 0 Å². The van der Waals surface area contributed by atoms with Crippen molar-refractivity contribution < 1.29 is 14.3 Å². The first-order valence-electron chi connectivity index (χ1n) is 5.48. The van der Waals surface area contributed by atoms with Crippen molar-refractivity contribution in [2.45, 2.75) is 26.7 Å². The molecule has 0 heterocycles. The largest absolute Gasteiger partial charge is 0.466 e. The van der Waals surface area contributed by atoms with Crippen molar-refractivity contribution in [2.24, 2.45) is 11.3 Å². The van der Waals surface area contributed by atoms with E-state index in [1.54, 1.807) is 6.08 Å². The maximum absolute atomic E-state index is 11.9. The molecule has 3 nitrogen and oxygen atoms in total. The number of Topliss-reactive ketones (excluding diaryl/α,β-unsaturated/α-hetero) is 1. The van der Waals surface area contributed by atoms with Crippen LogP contribution in [-0.4, -0.2) is 18.9 Å². The number of hydrogen-bond acceptors (Lipinski definition) is 3. The fourth-order valence-electron chi connectivity index (χ4n) is 2.63. The number of rotatable bonds is 1. The number of methoxy groups -OCH3 is 1. The lowest BCUT2D eigenvalue weighted by atomic mass is 9.80. The first-order chi connectivity index (χ1) is 7.45. The number of allylic oxidation sites excluding steroid dienone is 3. The van der Waals surface area contributed by atoms with Gasteiger partial charge in [0.25, 0.3) is 0 Å². The van der Waals surface area contributed by atoms with Gasteiger partial charge < -0.3 is 4.74 Å². The van der Waals surface area contributed by atoms with Crippen LogP contribution >= 0.6 is 0 Å². The van der Waals surface area contributed by atoms with Crippen molar-refractivity contribution >= 4 is 11.8 Å². The third kappa shape index (κ3) is 1.60. The summed E-state index contributed by atoms with van der Waals surface area (Å²) in [5.41, 5.74) is 1.70. The Morgan fingerprint density at radius 3 is 2.75 bits per heavy atom. The number of ether oxygens (including phenoxy) is 1. The molecule has 0 radical (unpaired) electrons. The molecule has 0 N–H and O–H groups in total. The maximum atomic E-state index is 11.9. The number of carbonyl (C=O) groups excluding carboxylic acids is 2. The fourth-order valence-corrected chi connectivity index (χ4v) is 2.63. The number of esters is 1. The normalized spacial score (nSPS) is 26.9. The van der Waals surface area contributed by atoms with Gasteiger partial charge >= 0.3 is 5.97 Å². The maximum Gasteiger partial charge on any atom is 0.333 e. The highest BCUT2D eigenvalue weighted by atomic mass is 16.5. The lowest BCUT2D eigenvalue weighted by molar-refractivity contribution is -0.136. The van der Waals surface area contributed by atoms with Gasteiger partial charge in [0.15, 0.2) is 0 Å². The van der Waals surface area contributed by atoms with E-state index in [0.29, 0.717) is 18.4 Å². The fraction of sp³-hybridized carbons (Fsp3) is 0.538. The molecule has 0 spiro atoms. The molecule has 0 amide bonds. The Hall–Kier alpha value is -1.38. The van der Waals surface area contributed by atoms with Crippen LogP contribution in [0.4, 0.5) is 0 Å². The van der Waals surface area contributed by atoms with Gasteiger partial charge in [0.2, 0.25) is 0 Å². The van der Waals surface area contributed by atoms with E-state index in [-0.39, 0.29) is 23.1 Å². The zero-order chi connectivity index (χ0) is 11.9. The average Bonchev–Trinajstić information content (AvgIpc) is 2.48. The van der Waals surface area contributed by atoms with Crippen molar-refractivity contribution in [1.29, 1.82) is 0 Å². The first-order valence-corrected chi connectivity index (χ1v) is 5.48. The van der Waals surface area contributed by atoms with E-state index < -0.39 is 0 Å². The molecule has 2 aliphatic rings. The molecule has 0 aromatic rings. The van der Waals surface area contributed by atoms with Gasteiger partial charge in [0.05, 0.1) is 7.11 Å². The third-order valence-electron chi connectivity index (χ3n) is 3.50. The zero-order valence-corrected chi connectivity index (χ0v) is 9.87. The van der Waals surface area contributed by atoms with Crippen LogP contribution in [0.2, 0.25) is 0 Å². The van der Waals surface area contributed by atoms with Crippen LogP contribution in [0.3, 0.4) is 0 Å². The molecule has 1 atom stereocenters. The summed E-state index contributed by atoms with van der Waals surface area (Å²) in [6.07, 6.45) is 4.79. The summed E-state index contributed by atoms with van der Waals surface area (Å²) in [6, 6.07) is 0. The summed E-state index contributed by atoms with van der Waals surface area (Å²) >= 11 is 0. The highest BCUT2D eigenvalue weighted by Crippen LogP contribution is 2.47. The zero-order valence-electron chi connectivity index (χ0n) is 9.87. The number of ketones is 1. The molecule has 0 saturated heterocycles. The summed E-state index contributed by atoms with van der Waals surface area (Å²) in [5.74, 6) is -0.187. The van der Waals surface area contributed by atoms with Crippen molar-refractivity contribution in [3.63, 3.8) is 0 Å². The molecule has 2 rings (SSSR count). The molecule has 0 aromatic heterocycles. The molecule has 1 unspecified atom stereocenters. The van der Waals surface area contributed by atoms with E-state index in [2.05, 4.69) is 18.6 Å². The van der Waals surface area contributed by atoms with Gasteiger partial charge in [-0.15, -0.1) is 0 Å². The number of hydrogen-bond donors (Lipinski definition) is 0. The Morgan fingerprint density at radius 1 is 1.44 bits per heavy atom. The van der Waals surface area contributed by atoms with Crippen LogP contribution in [0.5, 0.6) is 0 Å². The van der Waals surface area contributed by atoms with Gasteiger partial charge in [-0.1, -0.05) is 31.6 Å². The van der Waals surface area contributed by atoms with Gasteiger partial charge in [-0.05, 0) is 11.8 Å². The second kappa shape index (κ2) is 3.58. The highest BCUT2D eigenvalue weighted by Gasteiger charge is 2.44. The van der Waals surface area contributed by atoms with Crippen molar-refractivity contribution in [2.75, 3.05) is 7.11 Å². The minimum Gasteiger partial charge on any atom is -0.466 e. The molecular weight excluding hydrogens is 204 g/mol. The summed E-state index contributed by atoms with van der Waals surface area (Å²) < 4.78 is 4.68. The SMILES string of the molecule is COC(=O)C1=CC=C2C(C1)C(=O)CC2(C)C. The molecular formula is C13H16O3. The standard InChI is InChI=1S/C13H16O3/c1-13(2)7-11(14)9-6-8(12(15)16-3)4-5-10(9)13/h4-5,9H,6-7H2,1-3H3. The van der Waals surface area contributed by atoms with Gasteiger partial charge in [-0.3, -0.25) is 4.79 Å². The van der Waals surface area contributed by atoms with Crippen LogP contribution in [0.25, 0.3) is 0 Å². The smallest absolute Gasteiger partial charge is 0.333 e. The van der Waals surface area contributed by atoms with Crippen molar-refractivity contribution in [3.05, 3.63) is 23.3 Å². The molecule has 0 bridgehead atoms. The molecule has 2 aliphatic carbocycles. The monoisotopic (exact) mass is 220 g/mol. The van der Waals surface area contributed by atoms with E-state index in [1.807, 2.05) is 6.08 Å². The minimum atomic E-state index is -0.326. The van der Waals surface area contributed by atoms with E-state index in [0.717, 1.165) is 5.57 Å². The van der Waals surface area contributed by atoms with Crippen molar-refractivity contribution in [1.82, 2.24) is 0 Å². The lowest BCUT2D eigenvalue weighted by Crippen LogP contribution is -2.18. The van der Waals surface area contributed by atoms with E-state index in [4.69, 9.17) is 0 Å². The Bertz CT molecular complexity index is 413. The molecule has 16 heavy (non-hydrogen) atoms. The molecule has 1 fully saturated rings. The molecule has 86 valence electrons. The quantitative estimate of drug-likeness (QED) is 0.635. The minimum absolute atomic E-state index is 0.0557. The summed E-state index contributed by atoms with van der Waals surface area (Å²) in [5, 5.41) is 0. The van der Waals surface area contributed by atoms with E-state index in [1.165, 1.54) is 7.11 Å². The Morgan fingerprint density at radius 2 is 2.12 bits per heavy atom. The second-order valence-corrected chi connectivity index (χ2v) is 5.09. The van der Waals surface area contributed by atoms with E-state index in [9.17, 15) is 9.59 Å². The van der Waals surface area contributed by atoms with Crippen LogP contribution in [-0.2, 0) is 14.3 Å². The average molecular weight is 220 g/mol. The lowest BCUT2D eigenvalue weighted by Gasteiger charge is -2.24. The van der Waals surface area contributed by atoms with Crippen LogP contribution in [0.15, 0.2) is 23.3 Å². The van der Waals surface area contributed by atoms with Gasteiger partial charge in [0.1, 0.15) is 5.78 Å². The predicted molar refractivity (Wildman–Crippen MR) is 59.7 cm³/mol. The predicted octanol–water partition coefficient (Wildman–Crippen LogP) is 2.03. The molecule has 0 aromatic carbocycles. The van der Waals surface area contributed by atoms with Crippen molar-refractivity contribution in [3.8, 4) is 0 Å². The number of fused-ring (bicyclic) bond motifs is 1. The first kappa shape index (κ1) is 11.1. The summed E-state index contributed by atoms with van der Waals surface area (Å²) in [7, 11) is 1.36. The summed E-state index contributed by atoms with van der Waals surface area (Å²) in [6.45, 7) is 4.15. The number of carbonyl (C=O) groups is 2. The molecule has 0 aliphatic heterocycles. The third-order valence-corrected chi connectivity index (χ3v) is 3.50. The van der Waals surface area contributed by atoms with E-state index >= 15 is 0 Å². The van der Waals surface area contributed by atoms with Crippen LogP contribution in [0.1, 0.15) is 26.7 Å². The van der Waals surface area contributed by atoms with Gasteiger partial charge in [-0.25, -0.2) is 4.79 Å². The molecule has 1 saturated carbocycles. The Balaban J connectivity index is 2.33. The van der Waals surface area contributed by atoms with Gasteiger partial charge in [0, 0.05) is 17.9 Å². The molecule has 3 heteroatoms. The highest BCUT2D eigenvalue weighted by molar-refractivity contribution is 5.94. The Labute approximate surface area is 95.2 Å². The Kier molecular flexibility index (Phi) is 2.49. The second-order valence-electron chi connectivity index (χ2n) is 5.09. The summed E-state index contributed by atoms with van der Waals surface area (Å²) in [4.78, 5) is 23.3. The topological polar surface area (TPSA) is 43.4 Å². The van der Waals surface area contributed by atoms with Gasteiger partial charge in [-0.2, -0.15) is 0 Å². The van der Waals surface area contributed by atoms with Crippen LogP contribution in [0, 0.1) is 11.3 Å².